The molecule has 1 atom stereocenters. The number of nitrogen functional groups attached to an aromatic ring is 1. The average molecular weight is 744 g/mol. The lowest BCUT2D eigenvalue weighted by atomic mass is 10.0. The number of aromatic nitrogens is 2. The van der Waals surface area contributed by atoms with Crippen LogP contribution in [0.2, 0.25) is 0 Å². The van der Waals surface area contributed by atoms with Crippen molar-refractivity contribution < 1.29 is 33.6 Å². The van der Waals surface area contributed by atoms with Gasteiger partial charge in [0.2, 0.25) is 17.7 Å². The molecule has 5 N–H and O–H groups in total. The average Bonchev–Trinajstić information content (AvgIpc) is 3.44. The number of imide groups is 2. The molecule has 0 bridgehead atoms. The highest BCUT2D eigenvalue weighted by Gasteiger charge is 2.45. The van der Waals surface area contributed by atoms with E-state index in [-0.39, 0.29) is 59.4 Å². The summed E-state index contributed by atoms with van der Waals surface area (Å²) in [5.74, 6) is -3.43. The Morgan fingerprint density at radius 1 is 0.855 bits per heavy atom. The third-order valence-corrected chi connectivity index (χ3v) is 9.76. The van der Waals surface area contributed by atoms with Crippen molar-refractivity contribution in [2.75, 3.05) is 49.1 Å². The molecule has 280 valence electrons. The zero-order valence-corrected chi connectivity index (χ0v) is 29.6. The van der Waals surface area contributed by atoms with E-state index >= 15 is 0 Å². The van der Waals surface area contributed by atoms with Crippen molar-refractivity contribution in [2.45, 2.75) is 31.7 Å². The van der Waals surface area contributed by atoms with Crippen LogP contribution in [0.25, 0.3) is 11.3 Å². The van der Waals surface area contributed by atoms with E-state index in [0.29, 0.717) is 61.7 Å². The van der Waals surface area contributed by atoms with Crippen LogP contribution >= 0.6 is 0 Å². The van der Waals surface area contributed by atoms with Crippen molar-refractivity contribution in [2.24, 2.45) is 0 Å². The summed E-state index contributed by atoms with van der Waals surface area (Å²) in [4.78, 5) is 103. The van der Waals surface area contributed by atoms with Gasteiger partial charge in [-0.15, -0.1) is 0 Å². The lowest BCUT2D eigenvalue weighted by Gasteiger charge is -2.34. The molecule has 16 nitrogen and oxygen atoms in total. The summed E-state index contributed by atoms with van der Waals surface area (Å²) in [6.45, 7) is 2.88. The number of piperidine rings is 1. The number of hydrogen-bond donors (Lipinski definition) is 4. The number of nitrogens with two attached hydrogens (primary N) is 1. The molecule has 2 fully saturated rings. The fraction of sp³-hybridized carbons (Fsp3) is 0.256. The number of carbonyl (C=O) groups excluding carboxylic acids is 7. The second kappa shape index (κ2) is 15.7. The summed E-state index contributed by atoms with van der Waals surface area (Å²) in [7, 11) is 0. The number of hydrogen-bond acceptors (Lipinski definition) is 11. The van der Waals surface area contributed by atoms with E-state index in [2.05, 4.69) is 30.8 Å². The maximum atomic E-state index is 13.3. The van der Waals surface area contributed by atoms with Crippen LogP contribution in [0.1, 0.15) is 67.2 Å². The Labute approximate surface area is 315 Å². The smallest absolute Gasteiger partial charge is 0.278 e. The minimum Gasteiger partial charge on any atom is -0.382 e. The first-order chi connectivity index (χ1) is 26.6. The summed E-state index contributed by atoms with van der Waals surface area (Å²) >= 11 is 0. The Balaban J connectivity index is 0.877. The van der Waals surface area contributed by atoms with Gasteiger partial charge in [0.15, 0.2) is 11.5 Å². The van der Waals surface area contributed by atoms with E-state index in [0.717, 1.165) is 4.90 Å². The van der Waals surface area contributed by atoms with Crippen LogP contribution in [-0.4, -0.2) is 105 Å². The number of carbonyl (C=O) groups is 7. The third-order valence-electron chi connectivity index (χ3n) is 9.76. The number of para-hydroxylation sites is 1. The van der Waals surface area contributed by atoms with Gasteiger partial charge in [-0.2, -0.15) is 0 Å². The van der Waals surface area contributed by atoms with Gasteiger partial charge < -0.3 is 21.3 Å². The Morgan fingerprint density at radius 2 is 1.60 bits per heavy atom. The van der Waals surface area contributed by atoms with E-state index in [1.165, 1.54) is 18.3 Å². The molecule has 3 aliphatic rings. The molecular formula is C39H37N9O7. The Kier molecular flexibility index (Phi) is 10.4. The number of rotatable bonds is 10. The van der Waals surface area contributed by atoms with Gasteiger partial charge in [0.1, 0.15) is 6.04 Å². The second-order valence-corrected chi connectivity index (χ2v) is 13.3. The van der Waals surface area contributed by atoms with E-state index < -0.39 is 35.6 Å². The third kappa shape index (κ3) is 7.79. The monoisotopic (exact) mass is 743 g/mol. The van der Waals surface area contributed by atoms with Crippen LogP contribution in [0.5, 0.6) is 0 Å². The van der Waals surface area contributed by atoms with Crippen LogP contribution in [0, 0.1) is 0 Å². The summed E-state index contributed by atoms with van der Waals surface area (Å²) in [5.41, 5.74) is 8.46. The summed E-state index contributed by atoms with van der Waals surface area (Å²) in [6, 6.07) is 19.3. The van der Waals surface area contributed by atoms with Crippen molar-refractivity contribution in [3.8, 4) is 11.3 Å². The zero-order valence-electron chi connectivity index (χ0n) is 29.6. The van der Waals surface area contributed by atoms with Crippen molar-refractivity contribution in [1.82, 2.24) is 30.0 Å². The topological polar surface area (TPSA) is 217 Å². The van der Waals surface area contributed by atoms with Gasteiger partial charge >= 0.3 is 0 Å². The maximum Gasteiger partial charge on any atom is 0.278 e. The fourth-order valence-corrected chi connectivity index (χ4v) is 6.85. The molecule has 2 saturated heterocycles. The molecule has 0 spiro atoms. The molecule has 4 aromatic rings. The first-order valence-corrected chi connectivity index (χ1v) is 17.8. The molecule has 1 aromatic heterocycles. The van der Waals surface area contributed by atoms with Gasteiger partial charge in [0, 0.05) is 55.8 Å². The number of amides is 7. The van der Waals surface area contributed by atoms with Gasteiger partial charge in [-0.1, -0.05) is 36.4 Å². The predicted octanol–water partition coefficient (Wildman–Crippen LogP) is 2.56. The molecule has 0 radical (unpaired) electrons. The van der Waals surface area contributed by atoms with Crippen LogP contribution in [0.3, 0.4) is 0 Å². The minimum atomic E-state index is -1.10. The lowest BCUT2D eigenvalue weighted by Crippen LogP contribution is -2.54. The predicted molar refractivity (Wildman–Crippen MR) is 200 cm³/mol. The van der Waals surface area contributed by atoms with Gasteiger partial charge in [-0.25, -0.2) is 9.97 Å². The molecule has 4 heterocycles. The normalized spacial score (nSPS) is 17.1. The van der Waals surface area contributed by atoms with Crippen LogP contribution < -0.4 is 21.7 Å². The van der Waals surface area contributed by atoms with E-state index in [4.69, 9.17) is 5.73 Å². The van der Waals surface area contributed by atoms with Crippen LogP contribution in [0.4, 0.5) is 17.2 Å². The highest BCUT2D eigenvalue weighted by atomic mass is 16.2. The van der Waals surface area contributed by atoms with Crippen LogP contribution in [-0.2, 0) is 14.4 Å². The van der Waals surface area contributed by atoms with Gasteiger partial charge in [-0.3, -0.25) is 48.7 Å². The summed E-state index contributed by atoms with van der Waals surface area (Å²) < 4.78 is 0. The number of anilines is 3. The standard InChI is InChI=1S/C39H37N9O7/c40-34-33(36(52)42-25-6-2-1-3-7-25)44-28(22-41-34)23-11-13-24(14-12-23)37(53)47-20-18-46(19-21-47)17-5-10-30(49)43-27-9-4-8-26-32(27)39(55)48(38(26)54)29-15-16-31(50)45-35(29)51/h1-4,6-9,11-14,22,29H,5,10,15-21H2,(H2,40,41)(H,42,52)(H,43,49)(H,45,50,51). The number of piperazine rings is 1. The van der Waals surface area contributed by atoms with Crippen molar-refractivity contribution in [3.05, 3.63) is 101 Å². The number of nitrogens with one attached hydrogen (secondary N) is 3. The number of benzene rings is 3. The summed E-state index contributed by atoms with van der Waals surface area (Å²) in [6.07, 6.45) is 2.20. The molecule has 55 heavy (non-hydrogen) atoms. The van der Waals surface area contributed by atoms with Crippen molar-refractivity contribution in [3.63, 3.8) is 0 Å². The molecule has 3 aromatic carbocycles. The van der Waals surface area contributed by atoms with Gasteiger partial charge in [0.05, 0.1) is 28.7 Å². The Bertz CT molecular complexity index is 2200. The van der Waals surface area contributed by atoms with E-state index in [1.807, 2.05) is 6.07 Å². The largest absolute Gasteiger partial charge is 0.382 e. The number of fused-ring (bicyclic) bond motifs is 1. The number of nitrogens with zero attached hydrogens (tertiary/aromatic N) is 5. The second-order valence-electron chi connectivity index (χ2n) is 13.3. The highest BCUT2D eigenvalue weighted by Crippen LogP contribution is 2.32. The van der Waals surface area contributed by atoms with Crippen molar-refractivity contribution >= 4 is 58.5 Å². The first kappa shape index (κ1) is 36.5. The minimum absolute atomic E-state index is 0.000483. The van der Waals surface area contributed by atoms with Gasteiger partial charge in [0.25, 0.3) is 23.6 Å². The lowest BCUT2D eigenvalue weighted by molar-refractivity contribution is -0.136. The van der Waals surface area contributed by atoms with Crippen LogP contribution in [0.15, 0.2) is 79.0 Å². The Morgan fingerprint density at radius 3 is 2.33 bits per heavy atom. The van der Waals surface area contributed by atoms with Gasteiger partial charge in [-0.05, 0) is 55.8 Å². The zero-order chi connectivity index (χ0) is 38.6. The molecule has 7 rings (SSSR count). The first-order valence-electron chi connectivity index (χ1n) is 17.8. The highest BCUT2D eigenvalue weighted by molar-refractivity contribution is 6.26. The molecule has 16 heteroatoms. The molecule has 0 saturated carbocycles. The molecule has 0 aliphatic carbocycles. The van der Waals surface area contributed by atoms with E-state index in [9.17, 15) is 33.6 Å². The summed E-state index contributed by atoms with van der Waals surface area (Å²) in [5, 5.41) is 7.68. The maximum absolute atomic E-state index is 13.3. The SMILES string of the molecule is Nc1ncc(-c2ccc(C(=O)N3CCN(CCCC(=O)Nc4cccc5c4C(=O)N(C4CCC(=O)NC4=O)C5=O)CC3)cc2)nc1C(=O)Nc1ccccc1. The quantitative estimate of drug-likeness (QED) is 0.173. The molecule has 7 amide bonds. The Hall–Kier alpha value is -6.81. The van der Waals surface area contributed by atoms with E-state index in [1.54, 1.807) is 59.5 Å². The molecule has 1 unspecified atom stereocenters. The van der Waals surface area contributed by atoms with Crippen molar-refractivity contribution in [1.29, 1.82) is 0 Å². The molecular weight excluding hydrogens is 706 g/mol. The molecule has 3 aliphatic heterocycles. The fourth-order valence-electron chi connectivity index (χ4n) is 6.85.